The first-order valence-corrected chi connectivity index (χ1v) is 8.05. The summed E-state index contributed by atoms with van der Waals surface area (Å²) in [6.45, 7) is 4.41. The number of aromatic nitrogens is 1. The molecule has 0 bridgehead atoms. The van der Waals surface area contributed by atoms with E-state index in [0.717, 1.165) is 17.9 Å². The van der Waals surface area contributed by atoms with Crippen LogP contribution in [0.1, 0.15) is 64.0 Å². The van der Waals surface area contributed by atoms with Crippen molar-refractivity contribution >= 4 is 0 Å². The fraction of sp³-hybridized carbons (Fsp3) is 0.706. The molecule has 1 saturated carbocycles. The molecule has 1 heterocycles. The Morgan fingerprint density at radius 3 is 2.70 bits per heavy atom. The Bertz CT molecular complexity index is 382. The van der Waals surface area contributed by atoms with Gasteiger partial charge < -0.3 is 10.5 Å². The van der Waals surface area contributed by atoms with Crippen molar-refractivity contribution in [3.63, 3.8) is 0 Å². The lowest BCUT2D eigenvalue weighted by Gasteiger charge is -2.33. The maximum Gasteiger partial charge on any atom is 0.0980 e. The van der Waals surface area contributed by atoms with Crippen LogP contribution in [0.25, 0.3) is 0 Å². The molecule has 112 valence electrons. The van der Waals surface area contributed by atoms with Crippen LogP contribution in [0, 0.1) is 5.92 Å². The summed E-state index contributed by atoms with van der Waals surface area (Å²) >= 11 is 0. The smallest absolute Gasteiger partial charge is 0.0980 e. The van der Waals surface area contributed by atoms with Gasteiger partial charge in [-0.15, -0.1) is 0 Å². The van der Waals surface area contributed by atoms with Crippen LogP contribution < -0.4 is 5.73 Å². The van der Waals surface area contributed by atoms with Crippen molar-refractivity contribution < 1.29 is 4.74 Å². The fourth-order valence-electron chi connectivity index (χ4n) is 3.14. The number of pyridine rings is 1. The third kappa shape index (κ3) is 4.03. The maximum atomic E-state index is 6.41. The second-order valence-corrected chi connectivity index (χ2v) is 5.97. The van der Waals surface area contributed by atoms with E-state index >= 15 is 0 Å². The highest BCUT2D eigenvalue weighted by Crippen LogP contribution is 2.33. The van der Waals surface area contributed by atoms with Crippen LogP contribution in [0.5, 0.6) is 0 Å². The molecular formula is C17H28N2O. The van der Waals surface area contributed by atoms with Crippen LogP contribution in [-0.4, -0.2) is 17.1 Å². The molecule has 0 spiro atoms. The molecule has 20 heavy (non-hydrogen) atoms. The van der Waals surface area contributed by atoms with Crippen molar-refractivity contribution in [1.82, 2.24) is 4.98 Å². The first-order valence-electron chi connectivity index (χ1n) is 8.05. The van der Waals surface area contributed by atoms with Crippen LogP contribution in [0.4, 0.5) is 0 Å². The summed E-state index contributed by atoms with van der Waals surface area (Å²) in [6.07, 6.45) is 11.2. The molecule has 4 atom stereocenters. The molecule has 0 saturated heterocycles. The zero-order valence-corrected chi connectivity index (χ0v) is 12.8. The standard InChI is InChI=1S/C17H28N2O/c1-3-13-6-5-7-15(12-13)20-17(16(18)4-2)14-8-10-19-11-9-14/h8-11,13,15-17H,3-7,12,18H2,1-2H3. The summed E-state index contributed by atoms with van der Waals surface area (Å²) in [6, 6.07) is 4.11. The third-order valence-corrected chi connectivity index (χ3v) is 4.55. The number of nitrogens with zero attached hydrogens (tertiary/aromatic N) is 1. The zero-order chi connectivity index (χ0) is 14.4. The van der Waals surface area contributed by atoms with Crippen molar-refractivity contribution in [3.8, 4) is 0 Å². The molecule has 1 aliphatic carbocycles. The van der Waals surface area contributed by atoms with E-state index in [9.17, 15) is 0 Å². The van der Waals surface area contributed by atoms with Crippen LogP contribution in [-0.2, 0) is 4.74 Å². The van der Waals surface area contributed by atoms with Crippen molar-refractivity contribution in [1.29, 1.82) is 0 Å². The predicted molar refractivity (Wildman–Crippen MR) is 82.4 cm³/mol. The summed E-state index contributed by atoms with van der Waals surface area (Å²) in [4.78, 5) is 4.09. The van der Waals surface area contributed by atoms with Crippen LogP contribution in [0.2, 0.25) is 0 Å². The number of hydrogen-bond acceptors (Lipinski definition) is 3. The number of nitrogens with two attached hydrogens (primary N) is 1. The molecule has 0 aliphatic heterocycles. The summed E-state index contributed by atoms with van der Waals surface area (Å²) in [5, 5.41) is 0. The molecular weight excluding hydrogens is 248 g/mol. The topological polar surface area (TPSA) is 48.1 Å². The number of ether oxygens (including phenoxy) is 1. The predicted octanol–water partition coefficient (Wildman–Crippen LogP) is 3.85. The molecule has 1 aromatic heterocycles. The number of hydrogen-bond donors (Lipinski definition) is 1. The zero-order valence-electron chi connectivity index (χ0n) is 12.8. The summed E-state index contributed by atoms with van der Waals surface area (Å²) in [7, 11) is 0. The van der Waals surface area contributed by atoms with Gasteiger partial charge in [0.25, 0.3) is 0 Å². The molecule has 1 fully saturated rings. The van der Waals surface area contributed by atoms with Gasteiger partial charge in [-0.05, 0) is 42.9 Å². The second kappa shape index (κ2) is 7.75. The minimum Gasteiger partial charge on any atom is -0.369 e. The van der Waals surface area contributed by atoms with Gasteiger partial charge in [-0.25, -0.2) is 0 Å². The van der Waals surface area contributed by atoms with Gasteiger partial charge in [0.2, 0.25) is 0 Å². The van der Waals surface area contributed by atoms with Gasteiger partial charge in [0.1, 0.15) is 0 Å². The molecule has 0 radical (unpaired) electrons. The Balaban J connectivity index is 2.04. The average Bonchev–Trinajstić information content (AvgIpc) is 2.53. The quantitative estimate of drug-likeness (QED) is 0.858. The summed E-state index contributed by atoms with van der Waals surface area (Å²) < 4.78 is 6.41. The lowest BCUT2D eigenvalue weighted by molar-refractivity contribution is -0.0536. The van der Waals surface area contributed by atoms with Gasteiger partial charge in [0.15, 0.2) is 0 Å². The molecule has 4 unspecified atom stereocenters. The van der Waals surface area contributed by atoms with E-state index < -0.39 is 0 Å². The Morgan fingerprint density at radius 2 is 2.05 bits per heavy atom. The SMILES string of the molecule is CCC1CCCC(OC(c2ccncc2)C(N)CC)C1. The first-order chi connectivity index (χ1) is 9.74. The highest BCUT2D eigenvalue weighted by Gasteiger charge is 2.27. The molecule has 2 N–H and O–H groups in total. The normalized spacial score (nSPS) is 26.1. The van der Waals surface area contributed by atoms with E-state index in [2.05, 4.69) is 18.8 Å². The molecule has 1 aromatic rings. The number of rotatable bonds is 6. The van der Waals surface area contributed by atoms with Gasteiger partial charge in [-0.1, -0.05) is 33.1 Å². The van der Waals surface area contributed by atoms with Crippen molar-refractivity contribution in [3.05, 3.63) is 30.1 Å². The van der Waals surface area contributed by atoms with Gasteiger partial charge in [0.05, 0.1) is 12.2 Å². The Labute approximate surface area is 122 Å². The van der Waals surface area contributed by atoms with Crippen LogP contribution in [0.3, 0.4) is 0 Å². The molecule has 0 amide bonds. The van der Waals surface area contributed by atoms with E-state index in [1.165, 1.54) is 32.1 Å². The highest BCUT2D eigenvalue weighted by molar-refractivity contribution is 5.15. The molecule has 2 rings (SSSR count). The van der Waals surface area contributed by atoms with Crippen LogP contribution in [0.15, 0.2) is 24.5 Å². The van der Waals surface area contributed by atoms with Crippen molar-refractivity contribution in [2.75, 3.05) is 0 Å². The van der Waals surface area contributed by atoms with Crippen LogP contribution >= 0.6 is 0 Å². The van der Waals surface area contributed by atoms with Crippen molar-refractivity contribution in [2.45, 2.75) is 70.6 Å². The molecule has 3 heteroatoms. The molecule has 0 aromatic carbocycles. The maximum absolute atomic E-state index is 6.41. The second-order valence-electron chi connectivity index (χ2n) is 5.97. The molecule has 1 aliphatic rings. The van der Waals surface area contributed by atoms with E-state index in [-0.39, 0.29) is 12.1 Å². The van der Waals surface area contributed by atoms with E-state index in [1.54, 1.807) is 0 Å². The van der Waals surface area contributed by atoms with Gasteiger partial charge in [-0.3, -0.25) is 4.98 Å². The highest BCUT2D eigenvalue weighted by atomic mass is 16.5. The van der Waals surface area contributed by atoms with E-state index in [4.69, 9.17) is 10.5 Å². The van der Waals surface area contributed by atoms with Crippen molar-refractivity contribution in [2.24, 2.45) is 11.7 Å². The largest absolute Gasteiger partial charge is 0.369 e. The van der Waals surface area contributed by atoms with Gasteiger partial charge >= 0.3 is 0 Å². The lowest BCUT2D eigenvalue weighted by atomic mass is 9.85. The summed E-state index contributed by atoms with van der Waals surface area (Å²) in [5.74, 6) is 0.824. The Morgan fingerprint density at radius 1 is 1.30 bits per heavy atom. The third-order valence-electron chi connectivity index (χ3n) is 4.55. The lowest BCUT2D eigenvalue weighted by Crippen LogP contribution is -2.34. The van der Waals surface area contributed by atoms with Gasteiger partial charge in [0, 0.05) is 18.4 Å². The minimum absolute atomic E-state index is 0.00334. The first kappa shape index (κ1) is 15.5. The average molecular weight is 276 g/mol. The monoisotopic (exact) mass is 276 g/mol. The Kier molecular flexibility index (Phi) is 5.99. The van der Waals surface area contributed by atoms with E-state index in [1.807, 2.05) is 24.5 Å². The van der Waals surface area contributed by atoms with Gasteiger partial charge in [-0.2, -0.15) is 0 Å². The summed E-state index contributed by atoms with van der Waals surface area (Å²) in [5.41, 5.74) is 7.45. The minimum atomic E-state index is 0.00334. The molecule has 3 nitrogen and oxygen atoms in total. The van der Waals surface area contributed by atoms with E-state index in [0.29, 0.717) is 6.10 Å². The Hall–Kier alpha value is -0.930. The fourth-order valence-corrected chi connectivity index (χ4v) is 3.14.